The summed E-state index contributed by atoms with van der Waals surface area (Å²) < 4.78 is 24.5. The van der Waals surface area contributed by atoms with Crippen LogP contribution in [0.15, 0.2) is 18.2 Å². The molecule has 1 aliphatic rings. The molecule has 0 unspecified atom stereocenters. The van der Waals surface area contributed by atoms with Crippen molar-refractivity contribution in [3.63, 3.8) is 0 Å². The van der Waals surface area contributed by atoms with Crippen LogP contribution in [0, 0.1) is 5.82 Å². The van der Waals surface area contributed by atoms with Crippen molar-refractivity contribution in [2.75, 3.05) is 19.7 Å². The lowest BCUT2D eigenvalue weighted by Gasteiger charge is -2.35. The van der Waals surface area contributed by atoms with Gasteiger partial charge in [0.05, 0.1) is 17.2 Å². The predicted octanol–water partition coefficient (Wildman–Crippen LogP) is 3.49. The van der Waals surface area contributed by atoms with Gasteiger partial charge in [-0.3, -0.25) is 4.79 Å². The number of nitrogens with zero attached hydrogens (tertiary/aromatic N) is 1. The van der Waals surface area contributed by atoms with Gasteiger partial charge in [0.1, 0.15) is 10.7 Å². The fourth-order valence-corrected chi connectivity index (χ4v) is 4.26. The average Bonchev–Trinajstić information content (AvgIpc) is 2.87. The lowest BCUT2D eigenvalue weighted by molar-refractivity contribution is -0.146. The molecule has 0 saturated carbocycles. The Morgan fingerprint density at radius 1 is 1.36 bits per heavy atom. The van der Waals surface area contributed by atoms with E-state index in [4.69, 9.17) is 21.1 Å². The molecule has 134 valence electrons. The fraction of sp³-hybridized carbons (Fsp3) is 0.412. The van der Waals surface area contributed by atoms with E-state index < -0.39 is 11.8 Å². The number of benzene rings is 1. The summed E-state index contributed by atoms with van der Waals surface area (Å²) in [5.74, 6) is -1.37. The molecule has 8 heteroatoms. The Balaban J connectivity index is 1.66. The second-order valence-electron chi connectivity index (χ2n) is 6.02. The Bertz CT molecular complexity index is 814. The topological polar surface area (TPSA) is 55.8 Å². The van der Waals surface area contributed by atoms with E-state index >= 15 is 0 Å². The number of fused-ring (bicyclic) bond motifs is 1. The van der Waals surface area contributed by atoms with Crippen LogP contribution in [0.4, 0.5) is 4.39 Å². The van der Waals surface area contributed by atoms with Crippen LogP contribution in [0.5, 0.6) is 0 Å². The molecule has 1 amide bonds. The fourth-order valence-electron chi connectivity index (χ4n) is 2.84. The molecule has 0 N–H and O–H groups in total. The lowest BCUT2D eigenvalue weighted by Crippen LogP contribution is -2.49. The number of hydrogen-bond donors (Lipinski definition) is 0. The first kappa shape index (κ1) is 18.1. The molecule has 1 aromatic heterocycles. The SMILES string of the molecule is C[C@H]1CN(C(=O)COC(=O)c2sc3cc(F)ccc3c2Cl)C[C@H](C)O1. The maximum Gasteiger partial charge on any atom is 0.350 e. The molecule has 1 saturated heterocycles. The molecule has 1 fully saturated rings. The van der Waals surface area contributed by atoms with Crippen molar-refractivity contribution in [2.24, 2.45) is 0 Å². The van der Waals surface area contributed by atoms with E-state index in [0.717, 1.165) is 11.3 Å². The zero-order chi connectivity index (χ0) is 18.1. The number of carbonyl (C=O) groups is 2. The smallest absolute Gasteiger partial charge is 0.350 e. The molecule has 3 rings (SSSR count). The van der Waals surface area contributed by atoms with E-state index in [9.17, 15) is 14.0 Å². The Hall–Kier alpha value is -1.70. The highest BCUT2D eigenvalue weighted by molar-refractivity contribution is 7.21. The number of halogens is 2. The van der Waals surface area contributed by atoms with Gasteiger partial charge in [0.2, 0.25) is 0 Å². The van der Waals surface area contributed by atoms with Crippen molar-refractivity contribution in [1.29, 1.82) is 0 Å². The summed E-state index contributed by atoms with van der Waals surface area (Å²) in [5, 5.41) is 0.799. The van der Waals surface area contributed by atoms with E-state index in [1.165, 1.54) is 18.2 Å². The highest BCUT2D eigenvalue weighted by atomic mass is 35.5. The summed E-state index contributed by atoms with van der Waals surface area (Å²) in [5.41, 5.74) is 0. The Morgan fingerprint density at radius 3 is 2.72 bits per heavy atom. The van der Waals surface area contributed by atoms with Crippen molar-refractivity contribution in [3.05, 3.63) is 33.9 Å². The van der Waals surface area contributed by atoms with E-state index in [1.54, 1.807) is 4.90 Å². The minimum absolute atomic E-state index is 0.0599. The Labute approximate surface area is 153 Å². The number of esters is 1. The van der Waals surface area contributed by atoms with Crippen LogP contribution < -0.4 is 0 Å². The predicted molar refractivity (Wildman–Crippen MR) is 93.7 cm³/mol. The summed E-state index contributed by atoms with van der Waals surface area (Å²) in [6.07, 6.45) is -0.120. The third kappa shape index (κ3) is 3.94. The quantitative estimate of drug-likeness (QED) is 0.759. The number of hydrogen-bond acceptors (Lipinski definition) is 5. The van der Waals surface area contributed by atoms with Crippen LogP contribution in [0.25, 0.3) is 10.1 Å². The van der Waals surface area contributed by atoms with E-state index in [2.05, 4.69) is 0 Å². The zero-order valence-electron chi connectivity index (χ0n) is 13.8. The highest BCUT2D eigenvalue weighted by Crippen LogP contribution is 2.36. The number of carbonyl (C=O) groups excluding carboxylic acids is 2. The molecule has 0 bridgehead atoms. The first-order valence-electron chi connectivity index (χ1n) is 7.83. The van der Waals surface area contributed by atoms with Gasteiger partial charge in [-0.1, -0.05) is 11.6 Å². The summed E-state index contributed by atoms with van der Waals surface area (Å²) >= 11 is 7.22. The summed E-state index contributed by atoms with van der Waals surface area (Å²) in [4.78, 5) is 26.3. The Kier molecular flexibility index (Phi) is 5.27. The van der Waals surface area contributed by atoms with Gasteiger partial charge in [0.15, 0.2) is 6.61 Å². The number of thiophene rings is 1. The lowest BCUT2D eigenvalue weighted by atomic mass is 10.2. The molecule has 25 heavy (non-hydrogen) atoms. The van der Waals surface area contributed by atoms with E-state index in [0.29, 0.717) is 23.2 Å². The molecule has 0 spiro atoms. The summed E-state index contributed by atoms with van der Waals surface area (Å²) in [6.45, 7) is 4.33. The van der Waals surface area contributed by atoms with Gasteiger partial charge < -0.3 is 14.4 Å². The van der Waals surface area contributed by atoms with Gasteiger partial charge in [0, 0.05) is 23.2 Å². The van der Waals surface area contributed by atoms with Crippen molar-refractivity contribution >= 4 is 44.9 Å². The van der Waals surface area contributed by atoms with Gasteiger partial charge in [0.25, 0.3) is 5.91 Å². The van der Waals surface area contributed by atoms with Crippen molar-refractivity contribution in [1.82, 2.24) is 4.90 Å². The van der Waals surface area contributed by atoms with Crippen molar-refractivity contribution < 1.29 is 23.5 Å². The van der Waals surface area contributed by atoms with Crippen LogP contribution >= 0.6 is 22.9 Å². The van der Waals surface area contributed by atoms with Gasteiger partial charge in [-0.25, -0.2) is 9.18 Å². The van der Waals surface area contributed by atoms with Crippen molar-refractivity contribution in [3.8, 4) is 0 Å². The molecule has 2 aromatic rings. The molecule has 0 aliphatic carbocycles. The number of rotatable bonds is 3. The standard InChI is InChI=1S/C17H17ClFNO4S/c1-9-6-20(7-10(2)24-9)14(21)8-23-17(22)16-15(18)12-4-3-11(19)5-13(12)25-16/h3-5,9-10H,6-8H2,1-2H3/t9-,10-/m0/s1. The van der Waals surface area contributed by atoms with Gasteiger partial charge in [-0.05, 0) is 32.0 Å². The van der Waals surface area contributed by atoms with Gasteiger partial charge in [-0.15, -0.1) is 11.3 Å². The number of amides is 1. The van der Waals surface area contributed by atoms with Crippen LogP contribution in [0.3, 0.4) is 0 Å². The maximum atomic E-state index is 13.3. The number of morpholine rings is 1. The van der Waals surface area contributed by atoms with E-state index in [-0.39, 0.29) is 34.6 Å². The van der Waals surface area contributed by atoms with Crippen LogP contribution in [-0.4, -0.2) is 48.7 Å². The second-order valence-corrected chi connectivity index (χ2v) is 7.45. The van der Waals surface area contributed by atoms with Crippen LogP contribution in [0.1, 0.15) is 23.5 Å². The van der Waals surface area contributed by atoms with Gasteiger partial charge in [-0.2, -0.15) is 0 Å². The number of ether oxygens (including phenoxy) is 2. The molecule has 1 aliphatic heterocycles. The van der Waals surface area contributed by atoms with Crippen LogP contribution in [-0.2, 0) is 14.3 Å². The molecule has 1 aromatic carbocycles. The average molecular weight is 386 g/mol. The third-order valence-corrected chi connectivity index (χ3v) is 5.51. The molecule has 2 atom stereocenters. The normalized spacial score (nSPS) is 20.7. The van der Waals surface area contributed by atoms with E-state index in [1.807, 2.05) is 13.8 Å². The molecule has 5 nitrogen and oxygen atoms in total. The van der Waals surface area contributed by atoms with Crippen molar-refractivity contribution in [2.45, 2.75) is 26.1 Å². The maximum absolute atomic E-state index is 13.3. The van der Waals surface area contributed by atoms with Gasteiger partial charge >= 0.3 is 5.97 Å². The molecular weight excluding hydrogens is 369 g/mol. The summed E-state index contributed by atoms with van der Waals surface area (Å²) in [7, 11) is 0. The Morgan fingerprint density at radius 2 is 2.04 bits per heavy atom. The minimum atomic E-state index is -0.686. The largest absolute Gasteiger partial charge is 0.451 e. The zero-order valence-corrected chi connectivity index (χ0v) is 15.3. The molecular formula is C17H17ClFNO4S. The van der Waals surface area contributed by atoms with Crippen LogP contribution in [0.2, 0.25) is 5.02 Å². The highest BCUT2D eigenvalue weighted by Gasteiger charge is 2.27. The summed E-state index contributed by atoms with van der Waals surface area (Å²) in [6, 6.07) is 4.10. The monoisotopic (exact) mass is 385 g/mol. The molecule has 2 heterocycles. The first-order chi connectivity index (χ1) is 11.8. The third-order valence-electron chi connectivity index (χ3n) is 3.88. The minimum Gasteiger partial charge on any atom is -0.451 e. The second kappa shape index (κ2) is 7.27. The first-order valence-corrected chi connectivity index (χ1v) is 9.02. The molecule has 0 radical (unpaired) electrons.